The second-order valence-electron chi connectivity index (χ2n) is 4.55. The van der Waals surface area contributed by atoms with Crippen LogP contribution in [0.1, 0.15) is 15.9 Å². The number of amides is 1. The fourth-order valence-corrected chi connectivity index (χ4v) is 2.93. The Morgan fingerprint density at radius 2 is 1.90 bits per heavy atom. The van der Waals surface area contributed by atoms with E-state index in [4.69, 9.17) is 0 Å². The molecule has 0 aliphatic carbocycles. The Morgan fingerprint density at radius 1 is 1.19 bits per heavy atom. The van der Waals surface area contributed by atoms with Gasteiger partial charge in [0.1, 0.15) is 11.6 Å². The van der Waals surface area contributed by atoms with Crippen molar-refractivity contribution in [3.05, 3.63) is 59.2 Å². The summed E-state index contributed by atoms with van der Waals surface area (Å²) in [5.74, 6) is -2.18. The summed E-state index contributed by atoms with van der Waals surface area (Å²) in [7, 11) is 0. The number of hydrogen-bond acceptors (Lipinski definition) is 3. The zero-order chi connectivity index (χ0) is 15.0. The molecule has 0 bridgehead atoms. The van der Waals surface area contributed by atoms with Crippen LogP contribution in [0.3, 0.4) is 0 Å². The third-order valence-corrected chi connectivity index (χ3v) is 3.90. The fourth-order valence-electron chi connectivity index (χ4n) is 1.99. The lowest BCUT2D eigenvalue weighted by molar-refractivity contribution is 0.102. The lowest BCUT2D eigenvalue weighted by Crippen LogP contribution is -2.12. The highest BCUT2D eigenvalue weighted by Gasteiger charge is 2.12. The molecule has 0 fully saturated rings. The molecule has 0 saturated carbocycles. The Bertz CT molecular complexity index is 825. The minimum Gasteiger partial charge on any atom is -0.298 e. The van der Waals surface area contributed by atoms with E-state index in [1.165, 1.54) is 11.3 Å². The van der Waals surface area contributed by atoms with Gasteiger partial charge in [0.25, 0.3) is 5.91 Å². The number of benzene rings is 2. The molecule has 21 heavy (non-hydrogen) atoms. The molecule has 1 amide bonds. The Labute approximate surface area is 123 Å². The van der Waals surface area contributed by atoms with Crippen molar-refractivity contribution in [3.8, 4) is 0 Å². The number of fused-ring (bicyclic) bond motifs is 1. The molecule has 0 atom stereocenters. The first-order valence-corrected chi connectivity index (χ1v) is 6.98. The van der Waals surface area contributed by atoms with E-state index in [2.05, 4.69) is 10.3 Å². The largest absolute Gasteiger partial charge is 0.298 e. The number of halogens is 2. The molecular weight excluding hydrogens is 294 g/mol. The molecule has 0 spiro atoms. The van der Waals surface area contributed by atoms with Gasteiger partial charge in [-0.15, -0.1) is 0 Å². The minimum atomic E-state index is -0.791. The van der Waals surface area contributed by atoms with Gasteiger partial charge in [-0.1, -0.05) is 23.5 Å². The number of hydrogen-bond donors (Lipinski definition) is 1. The van der Waals surface area contributed by atoms with Crippen LogP contribution in [0.2, 0.25) is 0 Å². The molecule has 2 aromatic carbocycles. The van der Waals surface area contributed by atoms with Gasteiger partial charge >= 0.3 is 0 Å². The van der Waals surface area contributed by atoms with Crippen LogP contribution in [-0.4, -0.2) is 10.9 Å². The summed E-state index contributed by atoms with van der Waals surface area (Å²) in [4.78, 5) is 16.3. The van der Waals surface area contributed by atoms with Crippen molar-refractivity contribution in [1.82, 2.24) is 4.98 Å². The Hall–Kier alpha value is -2.34. The van der Waals surface area contributed by atoms with Crippen molar-refractivity contribution in [2.45, 2.75) is 6.92 Å². The van der Waals surface area contributed by atoms with Crippen molar-refractivity contribution in [1.29, 1.82) is 0 Å². The zero-order valence-corrected chi connectivity index (χ0v) is 11.8. The van der Waals surface area contributed by atoms with Crippen molar-refractivity contribution in [2.75, 3.05) is 5.32 Å². The first kappa shape index (κ1) is 13.6. The smallest absolute Gasteiger partial charge is 0.257 e. The van der Waals surface area contributed by atoms with Gasteiger partial charge in [0.15, 0.2) is 5.13 Å². The van der Waals surface area contributed by atoms with Crippen LogP contribution in [0.15, 0.2) is 36.4 Å². The molecule has 1 aromatic heterocycles. The summed E-state index contributed by atoms with van der Waals surface area (Å²) in [5, 5.41) is 2.96. The number of rotatable bonds is 2. The van der Waals surface area contributed by atoms with Crippen molar-refractivity contribution >= 4 is 32.6 Å². The van der Waals surface area contributed by atoms with E-state index < -0.39 is 17.5 Å². The summed E-state index contributed by atoms with van der Waals surface area (Å²) in [6, 6.07) is 8.42. The molecule has 106 valence electrons. The zero-order valence-electron chi connectivity index (χ0n) is 11.0. The number of nitrogens with one attached hydrogen (secondary N) is 1. The van der Waals surface area contributed by atoms with Gasteiger partial charge in [-0.3, -0.25) is 10.1 Å². The molecule has 3 rings (SSSR count). The van der Waals surface area contributed by atoms with Crippen molar-refractivity contribution in [3.63, 3.8) is 0 Å². The monoisotopic (exact) mass is 304 g/mol. The number of carbonyl (C=O) groups is 1. The van der Waals surface area contributed by atoms with E-state index in [0.717, 1.165) is 34.0 Å². The van der Waals surface area contributed by atoms with E-state index in [9.17, 15) is 13.6 Å². The van der Waals surface area contributed by atoms with Gasteiger partial charge in [0.2, 0.25) is 0 Å². The van der Waals surface area contributed by atoms with Crippen LogP contribution in [0.4, 0.5) is 13.9 Å². The number of aryl methyl sites for hydroxylation is 1. The second-order valence-corrected chi connectivity index (χ2v) is 5.58. The van der Waals surface area contributed by atoms with Crippen LogP contribution in [0.5, 0.6) is 0 Å². The summed E-state index contributed by atoms with van der Waals surface area (Å²) >= 11 is 1.31. The normalized spacial score (nSPS) is 10.8. The van der Waals surface area contributed by atoms with E-state index in [-0.39, 0.29) is 5.56 Å². The Balaban J connectivity index is 1.91. The summed E-state index contributed by atoms with van der Waals surface area (Å²) in [6.07, 6.45) is 0. The number of anilines is 1. The quantitative estimate of drug-likeness (QED) is 0.773. The SMILES string of the molecule is Cc1cccc2sc(NC(=O)c3cc(F)cc(F)c3)nc12. The van der Waals surface area contributed by atoms with Crippen molar-refractivity contribution < 1.29 is 13.6 Å². The fraction of sp³-hybridized carbons (Fsp3) is 0.0667. The third kappa shape index (κ3) is 2.75. The lowest BCUT2D eigenvalue weighted by Gasteiger charge is -2.02. The topological polar surface area (TPSA) is 42.0 Å². The van der Waals surface area contributed by atoms with Gasteiger partial charge in [-0.25, -0.2) is 13.8 Å². The molecule has 0 aliphatic rings. The third-order valence-electron chi connectivity index (χ3n) is 2.97. The predicted octanol–water partition coefficient (Wildman–Crippen LogP) is 4.14. The van der Waals surface area contributed by atoms with E-state index in [1.54, 1.807) is 0 Å². The molecule has 0 saturated heterocycles. The molecule has 1 heterocycles. The number of carbonyl (C=O) groups excluding carboxylic acids is 1. The first-order valence-electron chi connectivity index (χ1n) is 6.16. The van der Waals surface area contributed by atoms with Gasteiger partial charge in [-0.2, -0.15) is 0 Å². The number of thiazole rings is 1. The standard InChI is InChI=1S/C15H10F2N2OS/c1-8-3-2-4-12-13(8)18-15(21-12)19-14(20)9-5-10(16)7-11(17)6-9/h2-7H,1H3,(H,18,19,20). The summed E-state index contributed by atoms with van der Waals surface area (Å²) < 4.78 is 27.2. The highest BCUT2D eigenvalue weighted by atomic mass is 32.1. The van der Waals surface area contributed by atoms with Crippen LogP contribution in [0, 0.1) is 18.6 Å². The molecule has 0 aliphatic heterocycles. The van der Waals surface area contributed by atoms with Gasteiger partial charge in [0.05, 0.1) is 10.2 Å². The van der Waals surface area contributed by atoms with Crippen LogP contribution < -0.4 is 5.32 Å². The predicted molar refractivity (Wildman–Crippen MR) is 78.7 cm³/mol. The number of aromatic nitrogens is 1. The molecule has 3 aromatic rings. The van der Waals surface area contributed by atoms with Crippen LogP contribution in [0.25, 0.3) is 10.2 Å². The van der Waals surface area contributed by atoms with Gasteiger partial charge < -0.3 is 0 Å². The van der Waals surface area contributed by atoms with E-state index in [1.807, 2.05) is 25.1 Å². The Morgan fingerprint density at radius 3 is 2.57 bits per heavy atom. The molecular formula is C15H10F2N2OS. The molecule has 1 N–H and O–H groups in total. The van der Waals surface area contributed by atoms with Crippen molar-refractivity contribution in [2.24, 2.45) is 0 Å². The van der Waals surface area contributed by atoms with Gasteiger partial charge in [0, 0.05) is 11.6 Å². The number of nitrogens with zero attached hydrogens (tertiary/aromatic N) is 1. The molecule has 0 unspecified atom stereocenters. The second kappa shape index (κ2) is 5.21. The average molecular weight is 304 g/mol. The van der Waals surface area contributed by atoms with E-state index in [0.29, 0.717) is 5.13 Å². The Kier molecular flexibility index (Phi) is 3.39. The average Bonchev–Trinajstić information content (AvgIpc) is 2.81. The summed E-state index contributed by atoms with van der Waals surface area (Å²) in [5.41, 5.74) is 1.73. The maximum Gasteiger partial charge on any atom is 0.257 e. The highest BCUT2D eigenvalue weighted by molar-refractivity contribution is 7.22. The van der Waals surface area contributed by atoms with Crippen LogP contribution >= 0.6 is 11.3 Å². The highest BCUT2D eigenvalue weighted by Crippen LogP contribution is 2.28. The molecule has 6 heteroatoms. The van der Waals surface area contributed by atoms with Gasteiger partial charge in [-0.05, 0) is 30.7 Å². The first-order chi connectivity index (χ1) is 10.0. The molecule has 3 nitrogen and oxygen atoms in total. The number of para-hydroxylation sites is 1. The summed E-state index contributed by atoms with van der Waals surface area (Å²) in [6.45, 7) is 1.93. The maximum absolute atomic E-state index is 13.1. The van der Waals surface area contributed by atoms with E-state index >= 15 is 0 Å². The van der Waals surface area contributed by atoms with Crippen LogP contribution in [-0.2, 0) is 0 Å². The lowest BCUT2D eigenvalue weighted by atomic mass is 10.2. The molecule has 0 radical (unpaired) electrons. The minimum absolute atomic E-state index is 0.0801. The maximum atomic E-state index is 13.1.